The molecule has 2 aliphatic heterocycles. The Kier molecular flexibility index (Phi) is 7.26. The van der Waals surface area contributed by atoms with Gasteiger partial charge >= 0.3 is 0 Å². The first-order chi connectivity index (χ1) is 10.6. The van der Waals surface area contributed by atoms with Crippen LogP contribution in [0, 0.1) is 0 Å². The number of rotatable bonds is 5. The minimum absolute atomic E-state index is 0.103. The van der Waals surface area contributed by atoms with Crippen molar-refractivity contribution in [1.29, 1.82) is 0 Å². The summed E-state index contributed by atoms with van der Waals surface area (Å²) >= 11 is 1.81. The number of guanidine groups is 1. The molecule has 0 atom stereocenters. The summed E-state index contributed by atoms with van der Waals surface area (Å²) in [6, 6.07) is 0.343. The third kappa shape index (κ3) is 5.60. The van der Waals surface area contributed by atoms with Crippen molar-refractivity contribution in [3.05, 3.63) is 0 Å². The molecule has 0 aromatic heterocycles. The van der Waals surface area contributed by atoms with Gasteiger partial charge in [-0.1, -0.05) is 0 Å². The zero-order valence-electron chi connectivity index (χ0n) is 13.1. The van der Waals surface area contributed by atoms with Gasteiger partial charge in [-0.3, -0.25) is 4.99 Å². The Morgan fingerprint density at radius 3 is 2.64 bits per heavy atom. The molecular formula is C13H26N4O3S2. The van der Waals surface area contributed by atoms with E-state index in [4.69, 9.17) is 4.74 Å². The molecule has 2 N–H and O–H groups in total. The lowest BCUT2D eigenvalue weighted by Gasteiger charge is -2.27. The molecule has 2 rings (SSSR count). The Hall–Kier alpha value is -0.510. The molecule has 2 heterocycles. The van der Waals surface area contributed by atoms with Gasteiger partial charge in [0, 0.05) is 57.4 Å². The summed E-state index contributed by atoms with van der Waals surface area (Å²) in [4.78, 5) is 4.16. The van der Waals surface area contributed by atoms with Crippen molar-refractivity contribution >= 4 is 27.7 Å². The SMILES string of the molecule is CN=C(NCCS(=O)(=O)N1CCSCC1)NC1CCOCC1. The first kappa shape index (κ1) is 17.8. The van der Waals surface area contributed by atoms with Crippen LogP contribution in [0.15, 0.2) is 4.99 Å². The van der Waals surface area contributed by atoms with Crippen molar-refractivity contribution in [3.8, 4) is 0 Å². The van der Waals surface area contributed by atoms with Crippen LogP contribution in [0.5, 0.6) is 0 Å². The molecule has 0 aromatic rings. The maximum absolute atomic E-state index is 12.2. The first-order valence-corrected chi connectivity index (χ1v) is 10.5. The van der Waals surface area contributed by atoms with Gasteiger partial charge in [0.25, 0.3) is 0 Å². The lowest BCUT2D eigenvalue weighted by atomic mass is 10.1. The topological polar surface area (TPSA) is 83.0 Å². The fraction of sp³-hybridized carbons (Fsp3) is 0.923. The van der Waals surface area contributed by atoms with Crippen LogP contribution in [0.4, 0.5) is 0 Å². The van der Waals surface area contributed by atoms with E-state index in [-0.39, 0.29) is 5.75 Å². The highest BCUT2D eigenvalue weighted by Crippen LogP contribution is 2.13. The molecule has 0 saturated carbocycles. The van der Waals surface area contributed by atoms with Crippen LogP contribution >= 0.6 is 11.8 Å². The van der Waals surface area contributed by atoms with Crippen LogP contribution in [0.1, 0.15) is 12.8 Å². The number of aliphatic imine (C=N–C) groups is 1. The highest BCUT2D eigenvalue weighted by atomic mass is 32.2. The van der Waals surface area contributed by atoms with Gasteiger partial charge in [-0.05, 0) is 12.8 Å². The third-order valence-electron chi connectivity index (χ3n) is 3.80. The van der Waals surface area contributed by atoms with Gasteiger partial charge in [0.2, 0.25) is 10.0 Å². The standard InChI is InChI=1S/C13H26N4O3S2/c1-14-13(16-12-2-7-20-8-3-12)15-4-11-22(18,19)17-5-9-21-10-6-17/h12H,2-11H2,1H3,(H2,14,15,16). The number of hydrogen-bond donors (Lipinski definition) is 2. The number of thioether (sulfide) groups is 1. The Morgan fingerprint density at radius 2 is 2.00 bits per heavy atom. The second-order valence-electron chi connectivity index (χ2n) is 5.36. The average Bonchev–Trinajstić information content (AvgIpc) is 2.55. The van der Waals surface area contributed by atoms with Gasteiger partial charge in [-0.2, -0.15) is 11.8 Å². The second-order valence-corrected chi connectivity index (χ2v) is 8.67. The molecule has 128 valence electrons. The summed E-state index contributed by atoms with van der Waals surface area (Å²) in [6.45, 7) is 3.14. The van der Waals surface area contributed by atoms with Crippen molar-refractivity contribution in [3.63, 3.8) is 0 Å². The minimum Gasteiger partial charge on any atom is -0.381 e. The molecule has 9 heteroatoms. The first-order valence-electron chi connectivity index (χ1n) is 7.72. The van der Waals surface area contributed by atoms with E-state index in [1.807, 2.05) is 0 Å². The van der Waals surface area contributed by atoms with Crippen molar-refractivity contribution < 1.29 is 13.2 Å². The summed E-state index contributed by atoms with van der Waals surface area (Å²) in [5.74, 6) is 2.54. The predicted molar refractivity (Wildman–Crippen MR) is 91.0 cm³/mol. The molecule has 0 amide bonds. The summed E-state index contributed by atoms with van der Waals surface area (Å²) < 4.78 is 31.4. The molecule has 0 radical (unpaired) electrons. The monoisotopic (exact) mass is 350 g/mol. The van der Waals surface area contributed by atoms with Crippen LogP contribution < -0.4 is 10.6 Å². The average molecular weight is 351 g/mol. The molecule has 0 aliphatic carbocycles. The van der Waals surface area contributed by atoms with E-state index in [2.05, 4.69) is 15.6 Å². The number of nitrogens with one attached hydrogen (secondary N) is 2. The van der Waals surface area contributed by atoms with Crippen LogP contribution in [-0.2, 0) is 14.8 Å². The van der Waals surface area contributed by atoms with E-state index < -0.39 is 10.0 Å². The maximum Gasteiger partial charge on any atom is 0.215 e. The van der Waals surface area contributed by atoms with Crippen LogP contribution in [0.2, 0.25) is 0 Å². The minimum atomic E-state index is -3.17. The number of sulfonamides is 1. The van der Waals surface area contributed by atoms with E-state index in [0.717, 1.165) is 37.6 Å². The summed E-state index contributed by atoms with van der Waals surface area (Å²) in [7, 11) is -1.47. The van der Waals surface area contributed by atoms with Crippen molar-refractivity contribution in [1.82, 2.24) is 14.9 Å². The zero-order chi connectivity index (χ0) is 15.8. The molecule has 0 bridgehead atoms. The predicted octanol–water partition coefficient (Wildman–Crippen LogP) is -0.291. The number of ether oxygens (including phenoxy) is 1. The zero-order valence-corrected chi connectivity index (χ0v) is 14.7. The van der Waals surface area contributed by atoms with Crippen LogP contribution in [0.25, 0.3) is 0 Å². The lowest BCUT2D eigenvalue weighted by molar-refractivity contribution is 0.0822. The highest BCUT2D eigenvalue weighted by Gasteiger charge is 2.23. The fourth-order valence-corrected chi connectivity index (χ4v) is 4.97. The Labute approximate surface area is 137 Å². The molecule has 0 spiro atoms. The molecule has 22 heavy (non-hydrogen) atoms. The van der Waals surface area contributed by atoms with E-state index in [9.17, 15) is 8.42 Å². The molecule has 2 saturated heterocycles. The largest absolute Gasteiger partial charge is 0.381 e. The van der Waals surface area contributed by atoms with E-state index >= 15 is 0 Å². The molecule has 2 fully saturated rings. The van der Waals surface area contributed by atoms with Gasteiger partial charge in [0.05, 0.1) is 5.75 Å². The normalized spacial score (nSPS) is 22.5. The van der Waals surface area contributed by atoms with Gasteiger partial charge in [0.15, 0.2) is 5.96 Å². The van der Waals surface area contributed by atoms with Crippen molar-refractivity contribution in [2.24, 2.45) is 4.99 Å². The van der Waals surface area contributed by atoms with Crippen LogP contribution in [0.3, 0.4) is 0 Å². The Morgan fingerprint density at radius 1 is 1.32 bits per heavy atom. The summed E-state index contributed by atoms with van der Waals surface area (Å²) in [6.07, 6.45) is 1.90. The maximum atomic E-state index is 12.2. The highest BCUT2D eigenvalue weighted by molar-refractivity contribution is 7.99. The van der Waals surface area contributed by atoms with Gasteiger partial charge in [-0.25, -0.2) is 12.7 Å². The molecule has 0 aromatic carbocycles. The third-order valence-corrected chi connectivity index (χ3v) is 6.62. The van der Waals surface area contributed by atoms with Crippen molar-refractivity contribution in [2.75, 3.05) is 57.2 Å². The van der Waals surface area contributed by atoms with Crippen molar-refractivity contribution in [2.45, 2.75) is 18.9 Å². The molecule has 7 nitrogen and oxygen atoms in total. The van der Waals surface area contributed by atoms with Gasteiger partial charge in [-0.15, -0.1) is 0 Å². The van der Waals surface area contributed by atoms with E-state index in [0.29, 0.717) is 31.6 Å². The number of nitrogens with zero attached hydrogens (tertiary/aromatic N) is 2. The van der Waals surface area contributed by atoms with Gasteiger partial charge < -0.3 is 15.4 Å². The fourth-order valence-electron chi connectivity index (χ4n) is 2.48. The number of hydrogen-bond acceptors (Lipinski definition) is 5. The van der Waals surface area contributed by atoms with Crippen LogP contribution in [-0.4, -0.2) is 81.9 Å². The summed E-state index contributed by atoms with van der Waals surface area (Å²) in [5, 5.41) is 6.42. The van der Waals surface area contributed by atoms with Gasteiger partial charge in [0.1, 0.15) is 0 Å². The Balaban J connectivity index is 1.73. The van der Waals surface area contributed by atoms with E-state index in [1.54, 1.807) is 23.1 Å². The van der Waals surface area contributed by atoms with E-state index in [1.165, 1.54) is 0 Å². The summed E-state index contributed by atoms with van der Waals surface area (Å²) in [5.41, 5.74) is 0. The lowest BCUT2D eigenvalue weighted by Crippen LogP contribution is -2.47. The Bertz CT molecular complexity index is 458. The molecule has 0 unspecified atom stereocenters. The quantitative estimate of drug-likeness (QED) is 0.524. The molecule has 2 aliphatic rings. The smallest absolute Gasteiger partial charge is 0.215 e. The second kappa shape index (κ2) is 8.95. The molecular weight excluding hydrogens is 324 g/mol.